The molecule has 0 aromatic rings. The van der Waals surface area contributed by atoms with Crippen LogP contribution in [-0.4, -0.2) is 32.1 Å². The fourth-order valence-electron chi connectivity index (χ4n) is 1.26. The molecule has 0 unspecified atom stereocenters. The van der Waals surface area contributed by atoms with Crippen LogP contribution in [0.25, 0.3) is 0 Å². The highest BCUT2D eigenvalue weighted by Crippen LogP contribution is 2.28. The van der Waals surface area contributed by atoms with Gasteiger partial charge in [0.15, 0.2) is 0 Å². The molecule has 0 amide bonds. The third-order valence-corrected chi connectivity index (χ3v) is 2.54. The van der Waals surface area contributed by atoms with E-state index in [0.717, 1.165) is 25.6 Å². The third-order valence-electron chi connectivity index (χ3n) is 2.54. The average molecular weight is 171 g/mol. The molecule has 0 spiro atoms. The Hall–Kier alpha value is -0.120. The van der Waals surface area contributed by atoms with Crippen molar-refractivity contribution in [1.82, 2.24) is 5.32 Å². The van der Waals surface area contributed by atoms with Gasteiger partial charge in [0.1, 0.15) is 6.79 Å². The Balaban J connectivity index is 1.49. The highest BCUT2D eigenvalue weighted by Gasteiger charge is 2.32. The van der Waals surface area contributed by atoms with E-state index in [1.54, 1.807) is 0 Å². The van der Waals surface area contributed by atoms with Crippen LogP contribution in [0.15, 0.2) is 0 Å². The molecule has 1 saturated heterocycles. The summed E-state index contributed by atoms with van der Waals surface area (Å²) in [5, 5.41) is 3.18. The van der Waals surface area contributed by atoms with Gasteiger partial charge in [-0.05, 0) is 25.7 Å². The molecule has 70 valence electrons. The molecule has 2 rings (SSSR count). The van der Waals surface area contributed by atoms with E-state index in [1.165, 1.54) is 12.8 Å². The van der Waals surface area contributed by atoms with E-state index in [-0.39, 0.29) is 5.60 Å². The smallest absolute Gasteiger partial charge is 0.147 e. The molecule has 3 heteroatoms. The number of hydrogen-bond acceptors (Lipinski definition) is 3. The lowest BCUT2D eigenvalue weighted by Crippen LogP contribution is -2.59. The van der Waals surface area contributed by atoms with E-state index >= 15 is 0 Å². The fraction of sp³-hybridized carbons (Fsp3) is 1.00. The Morgan fingerprint density at radius 3 is 2.67 bits per heavy atom. The minimum absolute atomic E-state index is 0.0452. The van der Waals surface area contributed by atoms with Crippen LogP contribution in [-0.2, 0) is 9.47 Å². The van der Waals surface area contributed by atoms with Crippen LogP contribution in [0, 0.1) is 5.92 Å². The number of hydrogen-bond donors (Lipinski definition) is 1. The van der Waals surface area contributed by atoms with E-state index in [9.17, 15) is 0 Å². The molecule has 12 heavy (non-hydrogen) atoms. The quantitative estimate of drug-likeness (QED) is 0.489. The summed E-state index contributed by atoms with van der Waals surface area (Å²) >= 11 is 0. The molecule has 3 nitrogen and oxygen atoms in total. The van der Waals surface area contributed by atoms with Gasteiger partial charge in [-0.25, -0.2) is 0 Å². The second-order valence-corrected chi connectivity index (χ2v) is 4.13. The Morgan fingerprint density at radius 2 is 2.17 bits per heavy atom. The topological polar surface area (TPSA) is 30.5 Å². The minimum Gasteiger partial charge on any atom is -0.355 e. The van der Waals surface area contributed by atoms with E-state index in [4.69, 9.17) is 9.47 Å². The summed E-state index contributed by atoms with van der Waals surface area (Å²) < 4.78 is 10.9. The molecule has 0 atom stereocenters. The van der Waals surface area contributed by atoms with Crippen LogP contribution in [0.4, 0.5) is 0 Å². The second-order valence-electron chi connectivity index (χ2n) is 4.13. The van der Waals surface area contributed by atoms with Crippen LogP contribution in [0.5, 0.6) is 0 Å². The first-order valence-electron chi connectivity index (χ1n) is 4.71. The molecule has 1 aliphatic carbocycles. The second kappa shape index (κ2) is 3.32. The lowest BCUT2D eigenvalue weighted by Gasteiger charge is -2.38. The maximum Gasteiger partial charge on any atom is 0.147 e. The van der Waals surface area contributed by atoms with Gasteiger partial charge >= 0.3 is 0 Å². The van der Waals surface area contributed by atoms with Crippen LogP contribution >= 0.6 is 0 Å². The molecule has 1 heterocycles. The van der Waals surface area contributed by atoms with Crippen molar-refractivity contribution < 1.29 is 9.47 Å². The summed E-state index contributed by atoms with van der Waals surface area (Å²) in [5.74, 6) is 0.834. The first-order chi connectivity index (χ1) is 5.79. The third kappa shape index (κ3) is 2.19. The van der Waals surface area contributed by atoms with E-state index in [1.807, 2.05) is 0 Å². The van der Waals surface area contributed by atoms with Gasteiger partial charge in [-0.1, -0.05) is 0 Å². The average Bonchev–Trinajstić information content (AvgIpc) is 2.78. The van der Waals surface area contributed by atoms with Gasteiger partial charge in [0, 0.05) is 13.1 Å². The van der Waals surface area contributed by atoms with Gasteiger partial charge in [-0.3, -0.25) is 0 Å². The predicted octanol–water partition coefficient (Wildman–Crippen LogP) is 0.749. The summed E-state index contributed by atoms with van der Waals surface area (Å²) in [4.78, 5) is 0. The molecule has 0 radical (unpaired) electrons. The molecule has 1 N–H and O–H groups in total. The fourth-order valence-corrected chi connectivity index (χ4v) is 1.26. The first-order valence-corrected chi connectivity index (χ1v) is 4.71. The van der Waals surface area contributed by atoms with Crippen LogP contribution in [0.3, 0.4) is 0 Å². The Morgan fingerprint density at radius 1 is 1.42 bits per heavy atom. The van der Waals surface area contributed by atoms with Gasteiger partial charge in [-0.15, -0.1) is 0 Å². The zero-order valence-corrected chi connectivity index (χ0v) is 7.64. The van der Waals surface area contributed by atoms with E-state index in [2.05, 4.69) is 12.2 Å². The normalized spacial score (nSPS) is 26.8. The molecule has 1 aliphatic heterocycles. The zero-order chi connectivity index (χ0) is 8.44. The molecular formula is C9H17NO2. The lowest BCUT2D eigenvalue weighted by atomic mass is 10.0. The van der Waals surface area contributed by atoms with Crippen LogP contribution < -0.4 is 5.32 Å². The van der Waals surface area contributed by atoms with Gasteiger partial charge < -0.3 is 14.8 Å². The van der Waals surface area contributed by atoms with Gasteiger partial charge in [0.25, 0.3) is 0 Å². The zero-order valence-electron chi connectivity index (χ0n) is 7.64. The van der Waals surface area contributed by atoms with Gasteiger partial charge in [0.05, 0.1) is 12.2 Å². The highest BCUT2D eigenvalue weighted by atomic mass is 16.7. The standard InChI is InChI=1S/C9H17NO2/c1-9(5-10-6-9)12-7-11-4-8-2-3-8/h8,10H,2-7H2,1H3. The van der Waals surface area contributed by atoms with E-state index < -0.39 is 0 Å². The maximum atomic E-state index is 5.56. The van der Waals surface area contributed by atoms with Gasteiger partial charge in [-0.2, -0.15) is 0 Å². The maximum absolute atomic E-state index is 5.56. The summed E-state index contributed by atoms with van der Waals surface area (Å²) in [6.07, 6.45) is 2.69. The molecular weight excluding hydrogens is 154 g/mol. The molecule has 0 bridgehead atoms. The summed E-state index contributed by atoms with van der Waals surface area (Å²) in [6.45, 7) is 5.39. The number of ether oxygens (including phenoxy) is 2. The lowest BCUT2D eigenvalue weighted by molar-refractivity contribution is -0.154. The van der Waals surface area contributed by atoms with Crippen molar-refractivity contribution in [3.05, 3.63) is 0 Å². The number of rotatable bonds is 5. The molecule has 0 aromatic heterocycles. The summed E-state index contributed by atoms with van der Waals surface area (Å²) in [7, 11) is 0. The van der Waals surface area contributed by atoms with Crippen molar-refractivity contribution in [1.29, 1.82) is 0 Å². The molecule has 2 fully saturated rings. The first kappa shape index (κ1) is 8.48. The molecule has 1 saturated carbocycles. The molecule has 2 aliphatic rings. The Bertz CT molecular complexity index is 153. The molecule has 0 aromatic carbocycles. The number of nitrogens with one attached hydrogen (secondary N) is 1. The SMILES string of the molecule is CC1(OCOCC2CC2)CNC1. The largest absolute Gasteiger partial charge is 0.355 e. The van der Waals surface area contributed by atoms with Crippen molar-refractivity contribution >= 4 is 0 Å². The monoisotopic (exact) mass is 171 g/mol. The highest BCUT2D eigenvalue weighted by molar-refractivity contribution is 4.89. The van der Waals surface area contributed by atoms with Crippen LogP contribution in [0.2, 0.25) is 0 Å². The van der Waals surface area contributed by atoms with Crippen molar-refractivity contribution in [3.63, 3.8) is 0 Å². The summed E-state index contributed by atoms with van der Waals surface area (Å²) in [6, 6.07) is 0. The van der Waals surface area contributed by atoms with Crippen LogP contribution in [0.1, 0.15) is 19.8 Å². The Kier molecular flexibility index (Phi) is 2.35. The van der Waals surface area contributed by atoms with Crippen molar-refractivity contribution in [2.24, 2.45) is 5.92 Å². The Labute approximate surface area is 73.4 Å². The van der Waals surface area contributed by atoms with Crippen molar-refractivity contribution in [2.45, 2.75) is 25.4 Å². The van der Waals surface area contributed by atoms with Crippen molar-refractivity contribution in [3.8, 4) is 0 Å². The van der Waals surface area contributed by atoms with E-state index in [0.29, 0.717) is 6.79 Å². The minimum atomic E-state index is 0.0452. The van der Waals surface area contributed by atoms with Crippen molar-refractivity contribution in [2.75, 3.05) is 26.5 Å². The predicted molar refractivity (Wildman–Crippen MR) is 45.9 cm³/mol. The van der Waals surface area contributed by atoms with Gasteiger partial charge in [0.2, 0.25) is 0 Å². The summed E-state index contributed by atoms with van der Waals surface area (Å²) in [5.41, 5.74) is 0.0452.